The maximum atomic E-state index is 13.9. The highest BCUT2D eigenvalue weighted by Gasteiger charge is 2.17. The molecule has 0 amide bonds. The van der Waals surface area contributed by atoms with Crippen LogP contribution in [0.5, 0.6) is 5.75 Å². The average molecular weight is 557 g/mol. The number of halogens is 2. The van der Waals surface area contributed by atoms with Crippen LogP contribution in [0.2, 0.25) is 0 Å². The summed E-state index contributed by atoms with van der Waals surface area (Å²) in [5.41, 5.74) is 2.37. The van der Waals surface area contributed by atoms with E-state index in [9.17, 15) is 9.50 Å². The van der Waals surface area contributed by atoms with Gasteiger partial charge in [-0.3, -0.25) is 0 Å². The minimum absolute atomic E-state index is 0. The summed E-state index contributed by atoms with van der Waals surface area (Å²) in [7, 11) is 0. The van der Waals surface area contributed by atoms with Gasteiger partial charge in [-0.25, -0.2) is 9.38 Å². The Balaban J connectivity index is 0.00000363. The summed E-state index contributed by atoms with van der Waals surface area (Å²) in [4.78, 5) is 4.63. The van der Waals surface area contributed by atoms with Crippen LogP contribution in [-0.4, -0.2) is 44.0 Å². The van der Waals surface area contributed by atoms with Crippen LogP contribution in [0.3, 0.4) is 0 Å². The van der Waals surface area contributed by atoms with Gasteiger partial charge in [-0.05, 0) is 38.0 Å². The van der Waals surface area contributed by atoms with Gasteiger partial charge in [0.25, 0.3) is 0 Å². The highest BCUT2D eigenvalue weighted by Crippen LogP contribution is 2.23. The lowest BCUT2D eigenvalue weighted by molar-refractivity contribution is 0.166. The second-order valence-electron chi connectivity index (χ2n) is 7.77. The molecular weight excluding hydrogens is 524 g/mol. The van der Waals surface area contributed by atoms with Crippen molar-refractivity contribution in [3.8, 4) is 5.75 Å². The number of ether oxygens (including phenoxy) is 2. The molecule has 1 saturated heterocycles. The van der Waals surface area contributed by atoms with Crippen LogP contribution in [0.25, 0.3) is 0 Å². The van der Waals surface area contributed by atoms with Crippen molar-refractivity contribution in [1.29, 1.82) is 0 Å². The number of aliphatic hydroxyl groups excluding tert-OH is 1. The molecule has 1 fully saturated rings. The van der Waals surface area contributed by atoms with E-state index in [0.29, 0.717) is 31.6 Å². The maximum Gasteiger partial charge on any atom is 0.191 e. The number of hydrogen-bond donors (Lipinski definition) is 3. The number of aryl methyl sites for hydroxylation is 1. The number of benzene rings is 2. The molecule has 32 heavy (non-hydrogen) atoms. The summed E-state index contributed by atoms with van der Waals surface area (Å²) in [6.07, 6.45) is 0.0509. The summed E-state index contributed by atoms with van der Waals surface area (Å²) in [5.74, 6) is 1.38. The fourth-order valence-corrected chi connectivity index (χ4v) is 3.40. The molecule has 1 aliphatic rings. The van der Waals surface area contributed by atoms with Crippen LogP contribution in [0.4, 0.5) is 4.39 Å². The molecule has 0 saturated carbocycles. The first-order chi connectivity index (χ1) is 15.1. The fraction of sp³-hybridized carbons (Fsp3) is 0.458. The Hall–Kier alpha value is -1.91. The van der Waals surface area contributed by atoms with Crippen LogP contribution in [0, 0.1) is 18.7 Å². The Kier molecular flexibility index (Phi) is 11.2. The molecule has 0 bridgehead atoms. The van der Waals surface area contributed by atoms with Gasteiger partial charge in [0.15, 0.2) is 5.96 Å². The van der Waals surface area contributed by atoms with E-state index in [0.717, 1.165) is 36.5 Å². The van der Waals surface area contributed by atoms with Gasteiger partial charge in [-0.15, -0.1) is 24.0 Å². The molecule has 2 aromatic rings. The average Bonchev–Trinajstić information content (AvgIpc) is 3.29. The molecule has 2 aromatic carbocycles. The van der Waals surface area contributed by atoms with Crippen molar-refractivity contribution in [2.75, 3.05) is 32.9 Å². The van der Waals surface area contributed by atoms with E-state index < -0.39 is 11.9 Å². The molecule has 2 unspecified atom stereocenters. The minimum Gasteiger partial charge on any atom is -0.493 e. The van der Waals surface area contributed by atoms with Crippen LogP contribution in [-0.2, 0) is 11.3 Å². The standard InChI is InChI=1S/C24H32FN3O3.HI/c1-3-26-24(28-14-22(29)20-6-4-5-7-21(20)25)27-13-19-9-8-17(2)12-23(19)31-16-18-10-11-30-15-18;/h4-9,12,18,22,29H,3,10-11,13-16H2,1-2H3,(H2,26,27,28);1H. The van der Waals surface area contributed by atoms with E-state index in [2.05, 4.69) is 15.6 Å². The predicted octanol–water partition coefficient (Wildman–Crippen LogP) is 3.96. The summed E-state index contributed by atoms with van der Waals surface area (Å²) < 4.78 is 25.4. The molecule has 0 spiro atoms. The van der Waals surface area contributed by atoms with Crippen molar-refractivity contribution in [2.45, 2.75) is 32.9 Å². The number of guanidine groups is 1. The summed E-state index contributed by atoms with van der Waals surface area (Å²) >= 11 is 0. The third-order valence-corrected chi connectivity index (χ3v) is 5.20. The predicted molar refractivity (Wildman–Crippen MR) is 135 cm³/mol. The summed E-state index contributed by atoms with van der Waals surface area (Å²) in [5, 5.41) is 16.6. The molecular formula is C24H33FIN3O3. The maximum absolute atomic E-state index is 13.9. The van der Waals surface area contributed by atoms with Gasteiger partial charge in [-0.1, -0.05) is 30.3 Å². The van der Waals surface area contributed by atoms with E-state index in [-0.39, 0.29) is 36.1 Å². The molecule has 176 valence electrons. The minimum atomic E-state index is -0.975. The number of nitrogens with one attached hydrogen (secondary N) is 2. The second kappa shape index (κ2) is 13.6. The van der Waals surface area contributed by atoms with Crippen molar-refractivity contribution in [2.24, 2.45) is 10.9 Å². The largest absolute Gasteiger partial charge is 0.493 e. The van der Waals surface area contributed by atoms with Gasteiger partial charge in [0, 0.05) is 36.7 Å². The van der Waals surface area contributed by atoms with Crippen LogP contribution >= 0.6 is 24.0 Å². The zero-order chi connectivity index (χ0) is 22.1. The van der Waals surface area contributed by atoms with Crippen LogP contribution < -0.4 is 15.4 Å². The monoisotopic (exact) mass is 557 g/mol. The van der Waals surface area contributed by atoms with Crippen molar-refractivity contribution < 1.29 is 19.0 Å². The lowest BCUT2D eigenvalue weighted by Gasteiger charge is -2.17. The molecule has 0 radical (unpaired) electrons. The normalized spacial score (nSPS) is 16.9. The SMILES string of the molecule is CCNC(=NCc1ccc(C)cc1OCC1CCOC1)NCC(O)c1ccccc1F.I. The molecule has 1 heterocycles. The third-order valence-electron chi connectivity index (χ3n) is 5.20. The van der Waals surface area contributed by atoms with Gasteiger partial charge in [0.2, 0.25) is 0 Å². The van der Waals surface area contributed by atoms with Gasteiger partial charge in [0.05, 0.1) is 25.9 Å². The number of nitrogens with zero attached hydrogens (tertiary/aromatic N) is 1. The van der Waals surface area contributed by atoms with Gasteiger partial charge in [-0.2, -0.15) is 0 Å². The zero-order valence-corrected chi connectivity index (χ0v) is 21.0. The van der Waals surface area contributed by atoms with E-state index in [1.165, 1.54) is 6.07 Å². The number of rotatable bonds is 9. The highest BCUT2D eigenvalue weighted by molar-refractivity contribution is 14.0. The van der Waals surface area contributed by atoms with Gasteiger partial charge < -0.3 is 25.2 Å². The number of aliphatic imine (C=N–C) groups is 1. The van der Waals surface area contributed by atoms with E-state index in [4.69, 9.17) is 9.47 Å². The van der Waals surface area contributed by atoms with Crippen molar-refractivity contribution in [3.63, 3.8) is 0 Å². The first-order valence-electron chi connectivity index (χ1n) is 10.8. The van der Waals surface area contributed by atoms with E-state index in [1.807, 2.05) is 32.0 Å². The highest BCUT2D eigenvalue weighted by atomic mass is 127. The Morgan fingerprint density at radius 3 is 2.81 bits per heavy atom. The third kappa shape index (κ3) is 7.90. The van der Waals surface area contributed by atoms with Crippen molar-refractivity contribution in [1.82, 2.24) is 10.6 Å². The molecule has 3 N–H and O–H groups in total. The van der Waals surface area contributed by atoms with Crippen molar-refractivity contribution >= 4 is 29.9 Å². The zero-order valence-electron chi connectivity index (χ0n) is 18.6. The molecule has 2 atom stereocenters. The number of hydrogen-bond acceptors (Lipinski definition) is 4. The molecule has 6 nitrogen and oxygen atoms in total. The molecule has 8 heteroatoms. The second-order valence-corrected chi connectivity index (χ2v) is 7.77. The van der Waals surface area contributed by atoms with E-state index >= 15 is 0 Å². The Morgan fingerprint density at radius 1 is 1.28 bits per heavy atom. The molecule has 1 aliphatic heterocycles. The molecule has 0 aliphatic carbocycles. The topological polar surface area (TPSA) is 75.1 Å². The van der Waals surface area contributed by atoms with Gasteiger partial charge in [0.1, 0.15) is 11.6 Å². The Morgan fingerprint density at radius 2 is 2.09 bits per heavy atom. The number of aliphatic hydroxyl groups is 1. The molecule has 3 rings (SSSR count). The Bertz CT molecular complexity index is 875. The van der Waals surface area contributed by atoms with E-state index in [1.54, 1.807) is 18.2 Å². The first-order valence-corrected chi connectivity index (χ1v) is 10.8. The van der Waals surface area contributed by atoms with Crippen molar-refractivity contribution in [3.05, 3.63) is 65.0 Å². The lowest BCUT2D eigenvalue weighted by atomic mass is 10.1. The quantitative estimate of drug-likeness (QED) is 0.248. The Labute approximate surface area is 206 Å². The van der Waals surface area contributed by atoms with Gasteiger partial charge >= 0.3 is 0 Å². The summed E-state index contributed by atoms with van der Waals surface area (Å²) in [6.45, 7) is 7.41. The lowest BCUT2D eigenvalue weighted by Crippen LogP contribution is -2.39. The smallest absolute Gasteiger partial charge is 0.191 e. The first kappa shape index (κ1) is 26.3. The van der Waals surface area contributed by atoms with Crippen LogP contribution in [0.1, 0.15) is 36.1 Å². The summed E-state index contributed by atoms with van der Waals surface area (Å²) in [6, 6.07) is 12.3. The molecule has 0 aromatic heterocycles. The van der Waals surface area contributed by atoms with Crippen LogP contribution in [0.15, 0.2) is 47.5 Å². The fourth-order valence-electron chi connectivity index (χ4n) is 3.40.